The van der Waals surface area contributed by atoms with Crippen molar-refractivity contribution in [3.05, 3.63) is 45.2 Å². The molecule has 1 amide bonds. The lowest BCUT2D eigenvalue weighted by Gasteiger charge is -2.32. The summed E-state index contributed by atoms with van der Waals surface area (Å²) < 4.78 is 2.06. The van der Waals surface area contributed by atoms with Crippen LogP contribution in [0, 0.1) is 5.92 Å². The van der Waals surface area contributed by atoms with E-state index in [9.17, 15) is 9.59 Å². The largest absolute Gasteiger partial charge is 0.356 e. The Labute approximate surface area is 179 Å². The van der Waals surface area contributed by atoms with Gasteiger partial charge in [0.1, 0.15) is 15.8 Å². The van der Waals surface area contributed by atoms with Crippen molar-refractivity contribution in [3.8, 4) is 0 Å². The van der Waals surface area contributed by atoms with E-state index in [1.54, 1.807) is 23.2 Å². The first kappa shape index (κ1) is 20.1. The van der Waals surface area contributed by atoms with E-state index in [2.05, 4.69) is 11.8 Å². The number of anilines is 1. The maximum atomic E-state index is 13.3. The number of aromatic nitrogens is 2. The number of thioether (sulfide) groups is 1. The Kier molecular flexibility index (Phi) is 5.48. The molecular weight excluding hydrogens is 404 g/mol. The van der Waals surface area contributed by atoms with Crippen molar-refractivity contribution < 1.29 is 4.79 Å². The van der Waals surface area contributed by atoms with E-state index < -0.39 is 0 Å². The highest BCUT2D eigenvalue weighted by Gasteiger charge is 2.34. The molecule has 2 aliphatic heterocycles. The van der Waals surface area contributed by atoms with Gasteiger partial charge >= 0.3 is 0 Å². The molecule has 4 heterocycles. The first-order chi connectivity index (χ1) is 13.9. The molecule has 6 nitrogen and oxygen atoms in total. The minimum atomic E-state index is -0.168. The SMILES string of the molecule is CC1CCN(c2nc3ccccn3c(=O)c2C=C2SC(=S)N(C(C)C)C2=O)CC1. The molecule has 2 aromatic heterocycles. The number of piperidine rings is 1. The van der Waals surface area contributed by atoms with Crippen molar-refractivity contribution in [2.45, 2.75) is 39.7 Å². The summed E-state index contributed by atoms with van der Waals surface area (Å²) in [4.78, 5) is 35.3. The van der Waals surface area contributed by atoms with E-state index in [-0.39, 0.29) is 17.5 Å². The molecule has 4 rings (SSSR count). The van der Waals surface area contributed by atoms with E-state index in [0.717, 1.165) is 25.9 Å². The molecule has 0 aromatic carbocycles. The van der Waals surface area contributed by atoms with Crippen LogP contribution in [-0.4, -0.2) is 43.6 Å². The fraction of sp³-hybridized carbons (Fsp3) is 0.429. The van der Waals surface area contributed by atoms with Crippen LogP contribution in [0.2, 0.25) is 0 Å². The van der Waals surface area contributed by atoms with Gasteiger partial charge in [0.25, 0.3) is 11.5 Å². The van der Waals surface area contributed by atoms with E-state index in [1.807, 2.05) is 26.0 Å². The minimum absolute atomic E-state index is 0.0210. The first-order valence-corrected chi connectivity index (χ1v) is 11.1. The maximum Gasteiger partial charge on any atom is 0.267 e. The summed E-state index contributed by atoms with van der Waals surface area (Å²) in [5.41, 5.74) is 0.893. The summed E-state index contributed by atoms with van der Waals surface area (Å²) in [6, 6.07) is 5.49. The van der Waals surface area contributed by atoms with Gasteiger partial charge in [-0.1, -0.05) is 37.0 Å². The molecule has 8 heteroatoms. The molecule has 29 heavy (non-hydrogen) atoms. The van der Waals surface area contributed by atoms with Gasteiger partial charge in [-0.25, -0.2) is 4.98 Å². The van der Waals surface area contributed by atoms with Gasteiger partial charge in [0.2, 0.25) is 0 Å². The highest BCUT2D eigenvalue weighted by Crippen LogP contribution is 2.35. The quantitative estimate of drug-likeness (QED) is 0.551. The Bertz CT molecular complexity index is 1070. The lowest BCUT2D eigenvalue weighted by Crippen LogP contribution is -2.36. The topological polar surface area (TPSA) is 57.9 Å². The van der Waals surface area contributed by atoms with E-state index in [0.29, 0.717) is 32.2 Å². The number of thiocarbonyl (C=S) groups is 1. The second-order valence-corrected chi connectivity index (χ2v) is 9.57. The van der Waals surface area contributed by atoms with Crippen LogP contribution >= 0.6 is 24.0 Å². The van der Waals surface area contributed by atoms with E-state index >= 15 is 0 Å². The number of carbonyl (C=O) groups is 1. The van der Waals surface area contributed by atoms with Crippen molar-refractivity contribution >= 4 is 51.7 Å². The van der Waals surface area contributed by atoms with Gasteiger partial charge in [0, 0.05) is 25.3 Å². The minimum Gasteiger partial charge on any atom is -0.356 e. The molecule has 0 unspecified atom stereocenters. The normalized spacial score (nSPS) is 19.9. The molecule has 0 atom stereocenters. The van der Waals surface area contributed by atoms with Crippen LogP contribution in [0.5, 0.6) is 0 Å². The summed E-state index contributed by atoms with van der Waals surface area (Å²) in [6.45, 7) is 7.81. The zero-order valence-electron chi connectivity index (χ0n) is 16.8. The van der Waals surface area contributed by atoms with Gasteiger partial charge in [-0.05, 0) is 50.8 Å². The molecule has 0 spiro atoms. The van der Waals surface area contributed by atoms with Crippen LogP contribution in [0.25, 0.3) is 11.7 Å². The highest BCUT2D eigenvalue weighted by molar-refractivity contribution is 8.26. The van der Waals surface area contributed by atoms with E-state index in [1.165, 1.54) is 16.2 Å². The van der Waals surface area contributed by atoms with Crippen LogP contribution in [0.1, 0.15) is 39.2 Å². The van der Waals surface area contributed by atoms with Crippen molar-refractivity contribution in [3.63, 3.8) is 0 Å². The Morgan fingerprint density at radius 2 is 1.97 bits per heavy atom. The predicted molar refractivity (Wildman–Crippen MR) is 122 cm³/mol. The fourth-order valence-electron chi connectivity index (χ4n) is 3.73. The fourth-order valence-corrected chi connectivity index (χ4v) is 5.24. The number of rotatable bonds is 3. The molecule has 0 N–H and O–H groups in total. The summed E-state index contributed by atoms with van der Waals surface area (Å²) in [5, 5.41) is 0. The molecule has 0 saturated carbocycles. The standard InChI is InChI=1S/C21H24N4O2S2/c1-13(2)25-20(27)16(29-21(25)28)12-15-18(23-10-7-14(3)8-11-23)22-17-6-4-5-9-24(17)19(15)26/h4-6,9,12-14H,7-8,10-11H2,1-3H3. The molecule has 0 aliphatic carbocycles. The van der Waals surface area contributed by atoms with Crippen molar-refractivity contribution in [2.75, 3.05) is 18.0 Å². The van der Waals surface area contributed by atoms with Gasteiger partial charge in [-0.15, -0.1) is 0 Å². The predicted octanol–water partition coefficient (Wildman–Crippen LogP) is 3.54. The number of carbonyl (C=O) groups excluding carboxylic acids is 1. The Balaban J connectivity index is 1.85. The van der Waals surface area contributed by atoms with Crippen molar-refractivity contribution in [2.24, 2.45) is 5.92 Å². The summed E-state index contributed by atoms with van der Waals surface area (Å²) in [6.07, 6.45) is 5.52. The molecule has 152 valence electrons. The molecule has 2 aliphatic rings. The third-order valence-electron chi connectivity index (χ3n) is 5.45. The number of pyridine rings is 1. The third-order valence-corrected chi connectivity index (χ3v) is 6.78. The lowest BCUT2D eigenvalue weighted by molar-refractivity contribution is -0.123. The average Bonchev–Trinajstić information content (AvgIpc) is 2.98. The zero-order valence-corrected chi connectivity index (χ0v) is 18.4. The smallest absolute Gasteiger partial charge is 0.267 e. The number of hydrogen-bond donors (Lipinski definition) is 0. The van der Waals surface area contributed by atoms with Gasteiger partial charge in [-0.3, -0.25) is 18.9 Å². The van der Waals surface area contributed by atoms with Gasteiger partial charge in [-0.2, -0.15) is 0 Å². The number of fused-ring (bicyclic) bond motifs is 1. The second-order valence-electron chi connectivity index (χ2n) is 7.90. The molecule has 0 radical (unpaired) electrons. The van der Waals surface area contributed by atoms with Crippen LogP contribution in [0.4, 0.5) is 5.82 Å². The van der Waals surface area contributed by atoms with Gasteiger partial charge in [0.05, 0.1) is 10.5 Å². The maximum absolute atomic E-state index is 13.3. The van der Waals surface area contributed by atoms with Gasteiger partial charge < -0.3 is 4.90 Å². The van der Waals surface area contributed by atoms with Crippen LogP contribution in [0.3, 0.4) is 0 Å². The second kappa shape index (κ2) is 7.91. The zero-order chi connectivity index (χ0) is 20.7. The monoisotopic (exact) mass is 428 g/mol. The first-order valence-electron chi connectivity index (χ1n) is 9.90. The molecule has 2 aromatic rings. The Morgan fingerprint density at radius 1 is 1.24 bits per heavy atom. The molecule has 2 saturated heterocycles. The number of hydrogen-bond acceptors (Lipinski definition) is 6. The summed E-state index contributed by atoms with van der Waals surface area (Å²) >= 11 is 6.63. The van der Waals surface area contributed by atoms with E-state index in [4.69, 9.17) is 17.2 Å². The van der Waals surface area contributed by atoms with Crippen molar-refractivity contribution in [1.29, 1.82) is 0 Å². The number of nitrogens with zero attached hydrogens (tertiary/aromatic N) is 4. The van der Waals surface area contributed by atoms with Gasteiger partial charge in [0.15, 0.2) is 0 Å². The summed E-state index contributed by atoms with van der Waals surface area (Å²) in [5.74, 6) is 1.17. The molecule has 0 bridgehead atoms. The van der Waals surface area contributed by atoms with Crippen LogP contribution in [0.15, 0.2) is 34.1 Å². The average molecular weight is 429 g/mol. The lowest BCUT2D eigenvalue weighted by atomic mass is 9.99. The Hall–Kier alpha value is -2.19. The number of amides is 1. The third kappa shape index (κ3) is 3.71. The van der Waals surface area contributed by atoms with Crippen LogP contribution < -0.4 is 10.5 Å². The molecule has 2 fully saturated rings. The van der Waals surface area contributed by atoms with Crippen LogP contribution in [-0.2, 0) is 4.79 Å². The Morgan fingerprint density at radius 3 is 2.62 bits per heavy atom. The summed E-state index contributed by atoms with van der Waals surface area (Å²) in [7, 11) is 0. The van der Waals surface area contributed by atoms with Crippen molar-refractivity contribution in [1.82, 2.24) is 14.3 Å². The molecular formula is C21H24N4O2S2. The highest BCUT2D eigenvalue weighted by atomic mass is 32.2.